The Labute approximate surface area is 137 Å². The van der Waals surface area contributed by atoms with Crippen LogP contribution in [0.2, 0.25) is 0 Å². The van der Waals surface area contributed by atoms with Crippen LogP contribution in [-0.2, 0) is 0 Å². The minimum Gasteiger partial charge on any atom is -0.398 e. The number of aromatic nitrogens is 1. The number of nitrogen functional groups attached to an aromatic ring is 1. The number of hydrogen-bond acceptors (Lipinski definition) is 3. The van der Waals surface area contributed by atoms with Gasteiger partial charge in [0, 0.05) is 27.4 Å². The van der Waals surface area contributed by atoms with Crippen LogP contribution in [-0.4, -0.2) is 4.98 Å². The van der Waals surface area contributed by atoms with E-state index in [0.717, 1.165) is 21.1 Å². The van der Waals surface area contributed by atoms with Crippen molar-refractivity contribution < 1.29 is 4.39 Å². The number of hydrogen-bond donors (Lipinski definition) is 2. The van der Waals surface area contributed by atoms with E-state index >= 15 is 0 Å². The highest BCUT2D eigenvalue weighted by Gasteiger charge is 2.08. The van der Waals surface area contributed by atoms with Gasteiger partial charge in [-0.25, -0.2) is 4.39 Å². The van der Waals surface area contributed by atoms with Gasteiger partial charge >= 0.3 is 0 Å². The van der Waals surface area contributed by atoms with Crippen LogP contribution in [0.3, 0.4) is 0 Å². The van der Waals surface area contributed by atoms with Crippen LogP contribution in [0.4, 0.5) is 21.5 Å². The van der Waals surface area contributed by atoms with Gasteiger partial charge in [0.25, 0.3) is 0 Å². The second kappa shape index (κ2) is 5.61. The largest absolute Gasteiger partial charge is 0.398 e. The summed E-state index contributed by atoms with van der Waals surface area (Å²) in [6.07, 6.45) is 1.70. The molecule has 106 valence electrons. The van der Waals surface area contributed by atoms with Crippen molar-refractivity contribution in [2.24, 2.45) is 0 Å². The molecule has 6 heteroatoms. The molecule has 0 aliphatic rings. The maximum atomic E-state index is 13.6. The van der Waals surface area contributed by atoms with Crippen LogP contribution in [0.15, 0.2) is 51.5 Å². The summed E-state index contributed by atoms with van der Waals surface area (Å²) in [4.78, 5) is 4.39. The van der Waals surface area contributed by atoms with Gasteiger partial charge in [0.2, 0.25) is 0 Å². The average molecular weight is 411 g/mol. The van der Waals surface area contributed by atoms with Gasteiger partial charge in [-0.3, -0.25) is 4.98 Å². The molecule has 0 spiro atoms. The summed E-state index contributed by atoms with van der Waals surface area (Å²) in [7, 11) is 0. The average Bonchev–Trinajstić information content (AvgIpc) is 2.46. The summed E-state index contributed by atoms with van der Waals surface area (Å²) in [5.74, 6) is -0.324. The second-order valence-corrected chi connectivity index (χ2v) is 6.28. The molecule has 0 saturated heterocycles. The van der Waals surface area contributed by atoms with Crippen molar-refractivity contribution in [3.8, 4) is 0 Å². The number of rotatable bonds is 2. The SMILES string of the molecule is Nc1ccc(Nc2ccc(Br)c(F)c2)c2ncc(Br)cc12. The summed E-state index contributed by atoms with van der Waals surface area (Å²) < 4.78 is 14.9. The molecule has 0 aliphatic carbocycles. The van der Waals surface area contributed by atoms with Crippen LogP contribution in [0.5, 0.6) is 0 Å². The van der Waals surface area contributed by atoms with E-state index in [1.807, 2.05) is 12.1 Å². The Kier molecular flexibility index (Phi) is 3.82. The fourth-order valence-electron chi connectivity index (χ4n) is 2.05. The minimum atomic E-state index is -0.324. The number of nitrogens with one attached hydrogen (secondary N) is 1. The molecule has 3 rings (SSSR count). The number of fused-ring (bicyclic) bond motifs is 1. The number of halogens is 3. The van der Waals surface area contributed by atoms with Crippen LogP contribution >= 0.6 is 31.9 Å². The zero-order valence-corrected chi connectivity index (χ0v) is 13.9. The molecule has 0 atom stereocenters. The Morgan fingerprint density at radius 2 is 1.90 bits per heavy atom. The molecule has 21 heavy (non-hydrogen) atoms. The highest BCUT2D eigenvalue weighted by atomic mass is 79.9. The second-order valence-electron chi connectivity index (χ2n) is 4.51. The molecule has 2 aromatic carbocycles. The molecule has 3 aromatic rings. The molecule has 0 radical (unpaired) electrons. The number of nitrogens with zero attached hydrogens (tertiary/aromatic N) is 1. The van der Waals surface area contributed by atoms with E-state index in [1.54, 1.807) is 24.4 Å². The first-order valence-electron chi connectivity index (χ1n) is 6.10. The van der Waals surface area contributed by atoms with E-state index in [9.17, 15) is 4.39 Å². The predicted octanol–water partition coefficient (Wildman–Crippen LogP) is 5.22. The summed E-state index contributed by atoms with van der Waals surface area (Å²) >= 11 is 6.52. The lowest BCUT2D eigenvalue weighted by Gasteiger charge is -2.11. The normalized spacial score (nSPS) is 10.8. The molecule has 0 aliphatic heterocycles. The fraction of sp³-hybridized carbons (Fsp3) is 0. The van der Waals surface area contributed by atoms with Crippen molar-refractivity contribution in [2.45, 2.75) is 0 Å². The van der Waals surface area contributed by atoms with Crippen molar-refractivity contribution in [3.05, 3.63) is 57.4 Å². The van der Waals surface area contributed by atoms with Crippen molar-refractivity contribution in [3.63, 3.8) is 0 Å². The van der Waals surface area contributed by atoms with E-state index in [4.69, 9.17) is 5.73 Å². The van der Waals surface area contributed by atoms with Gasteiger partial charge < -0.3 is 11.1 Å². The molecular weight excluding hydrogens is 401 g/mol. The standard InChI is InChI=1S/C15H10Br2FN3/c16-8-5-10-13(19)3-4-14(15(10)20-7-8)21-9-1-2-11(17)12(18)6-9/h1-7,21H,19H2. The van der Waals surface area contributed by atoms with Crippen molar-refractivity contribution in [2.75, 3.05) is 11.1 Å². The van der Waals surface area contributed by atoms with Gasteiger partial charge in [0.15, 0.2) is 0 Å². The van der Waals surface area contributed by atoms with E-state index in [1.165, 1.54) is 6.07 Å². The van der Waals surface area contributed by atoms with E-state index in [0.29, 0.717) is 15.8 Å². The Morgan fingerprint density at radius 3 is 2.67 bits per heavy atom. The molecule has 1 heterocycles. The van der Waals surface area contributed by atoms with Crippen LogP contribution in [0.25, 0.3) is 10.9 Å². The van der Waals surface area contributed by atoms with Crippen molar-refractivity contribution in [1.82, 2.24) is 4.98 Å². The van der Waals surface area contributed by atoms with Gasteiger partial charge in [-0.15, -0.1) is 0 Å². The van der Waals surface area contributed by atoms with Crippen LogP contribution < -0.4 is 11.1 Å². The fourth-order valence-corrected chi connectivity index (χ4v) is 2.62. The third kappa shape index (κ3) is 2.87. The van der Waals surface area contributed by atoms with Gasteiger partial charge in [-0.2, -0.15) is 0 Å². The summed E-state index contributed by atoms with van der Waals surface area (Å²) in [6, 6.07) is 10.4. The third-order valence-corrected chi connectivity index (χ3v) is 4.13. The first-order chi connectivity index (χ1) is 10.0. The van der Waals surface area contributed by atoms with E-state index in [-0.39, 0.29) is 5.82 Å². The molecule has 0 fully saturated rings. The number of benzene rings is 2. The lowest BCUT2D eigenvalue weighted by molar-refractivity contribution is 0.622. The Bertz CT molecular complexity index is 837. The van der Waals surface area contributed by atoms with Crippen molar-refractivity contribution >= 4 is 59.8 Å². The highest BCUT2D eigenvalue weighted by Crippen LogP contribution is 2.31. The Balaban J connectivity index is 2.08. The summed E-state index contributed by atoms with van der Waals surface area (Å²) in [6.45, 7) is 0. The predicted molar refractivity (Wildman–Crippen MR) is 91.2 cm³/mol. The third-order valence-electron chi connectivity index (χ3n) is 3.05. The van der Waals surface area contributed by atoms with Crippen LogP contribution in [0, 0.1) is 5.82 Å². The van der Waals surface area contributed by atoms with Gasteiger partial charge in [-0.1, -0.05) is 0 Å². The van der Waals surface area contributed by atoms with E-state index < -0.39 is 0 Å². The van der Waals surface area contributed by atoms with Crippen LogP contribution in [0.1, 0.15) is 0 Å². The zero-order chi connectivity index (χ0) is 15.0. The Hall–Kier alpha value is -1.66. The lowest BCUT2D eigenvalue weighted by atomic mass is 10.1. The maximum Gasteiger partial charge on any atom is 0.139 e. The van der Waals surface area contributed by atoms with E-state index in [2.05, 4.69) is 42.2 Å². The molecule has 0 amide bonds. The number of anilines is 3. The molecular formula is C15H10Br2FN3. The topological polar surface area (TPSA) is 50.9 Å². The van der Waals surface area contributed by atoms with Crippen molar-refractivity contribution in [1.29, 1.82) is 0 Å². The first-order valence-corrected chi connectivity index (χ1v) is 7.69. The quantitative estimate of drug-likeness (QED) is 0.569. The summed E-state index contributed by atoms with van der Waals surface area (Å²) in [5.41, 5.74) is 8.78. The van der Waals surface area contributed by atoms with Gasteiger partial charge in [0.05, 0.1) is 15.7 Å². The summed E-state index contributed by atoms with van der Waals surface area (Å²) in [5, 5.41) is 4.01. The molecule has 0 unspecified atom stereocenters. The first kappa shape index (κ1) is 14.3. The molecule has 0 bridgehead atoms. The molecule has 3 N–H and O–H groups in total. The Morgan fingerprint density at radius 1 is 1.10 bits per heavy atom. The molecule has 3 nitrogen and oxygen atoms in total. The molecule has 0 saturated carbocycles. The lowest BCUT2D eigenvalue weighted by Crippen LogP contribution is -1.96. The van der Waals surface area contributed by atoms with Gasteiger partial charge in [-0.05, 0) is 68.3 Å². The molecule has 1 aromatic heterocycles. The smallest absolute Gasteiger partial charge is 0.139 e. The minimum absolute atomic E-state index is 0.324. The monoisotopic (exact) mass is 409 g/mol. The zero-order valence-electron chi connectivity index (χ0n) is 10.7. The highest BCUT2D eigenvalue weighted by molar-refractivity contribution is 9.10. The number of nitrogens with two attached hydrogens (primary N) is 1. The van der Waals surface area contributed by atoms with Gasteiger partial charge in [0.1, 0.15) is 5.82 Å². The maximum absolute atomic E-state index is 13.6. The number of pyridine rings is 1.